The monoisotopic (exact) mass is 406 g/mol. The molecule has 1 aliphatic rings. The minimum absolute atomic E-state index is 0.246. The van der Waals surface area contributed by atoms with E-state index in [1.165, 1.54) is 10.9 Å². The van der Waals surface area contributed by atoms with Crippen LogP contribution in [-0.2, 0) is 4.79 Å². The second kappa shape index (κ2) is 7.12. The molecule has 10 heteroatoms. The Morgan fingerprint density at radius 3 is 2.67 bits per heavy atom. The molecular weight excluding hydrogens is 393 g/mol. The van der Waals surface area contributed by atoms with Crippen molar-refractivity contribution in [3.63, 3.8) is 0 Å². The van der Waals surface area contributed by atoms with E-state index < -0.39 is 12.1 Å². The van der Waals surface area contributed by atoms with Gasteiger partial charge < -0.3 is 21.1 Å². The van der Waals surface area contributed by atoms with Crippen molar-refractivity contribution in [2.45, 2.75) is 18.6 Å². The first-order valence-electron chi connectivity index (χ1n) is 6.81. The standard InChI is InChI=1S/C12H13BrN4.C2HF3O2/c13-7-1-2-10-8(5-7)9(6-16-10)11-3-4-15-12(14)17-11;3-2(4,5)1(6)7/h1-2,5-6,11,16H,3-4H2,(H3,14,15,17);(H,6,7). The first kappa shape index (κ1) is 18.1. The number of aliphatic carboxylic acids is 1. The Morgan fingerprint density at radius 2 is 2.08 bits per heavy atom. The third kappa shape index (κ3) is 4.40. The minimum atomic E-state index is -5.08. The molecular formula is C14H14BrF3N4O2. The average molecular weight is 407 g/mol. The fourth-order valence-electron chi connectivity index (χ4n) is 2.25. The van der Waals surface area contributed by atoms with E-state index in [-0.39, 0.29) is 6.04 Å². The molecule has 0 saturated heterocycles. The summed E-state index contributed by atoms with van der Waals surface area (Å²) >= 11 is 3.50. The van der Waals surface area contributed by atoms with Crippen LogP contribution in [0.4, 0.5) is 13.2 Å². The van der Waals surface area contributed by atoms with Crippen molar-refractivity contribution in [2.75, 3.05) is 6.54 Å². The maximum absolute atomic E-state index is 10.6. The number of carbonyl (C=O) groups is 1. The van der Waals surface area contributed by atoms with Crippen LogP contribution in [-0.4, -0.2) is 34.7 Å². The van der Waals surface area contributed by atoms with Crippen molar-refractivity contribution < 1.29 is 23.1 Å². The maximum Gasteiger partial charge on any atom is 0.490 e. The number of H-pyrrole nitrogens is 1. The number of fused-ring (bicyclic) bond motifs is 1. The van der Waals surface area contributed by atoms with E-state index in [2.05, 4.69) is 43.4 Å². The summed E-state index contributed by atoms with van der Waals surface area (Å²) < 4.78 is 32.8. The van der Waals surface area contributed by atoms with Crippen molar-refractivity contribution in [3.05, 3.63) is 34.4 Å². The number of aromatic nitrogens is 1. The third-order valence-electron chi connectivity index (χ3n) is 3.32. The van der Waals surface area contributed by atoms with Crippen LogP contribution in [0, 0.1) is 0 Å². The molecule has 0 fully saturated rings. The summed E-state index contributed by atoms with van der Waals surface area (Å²) in [4.78, 5) is 16.3. The van der Waals surface area contributed by atoms with Crippen LogP contribution in [0.5, 0.6) is 0 Å². The van der Waals surface area contributed by atoms with Crippen LogP contribution in [0.15, 0.2) is 33.9 Å². The van der Waals surface area contributed by atoms with Gasteiger partial charge in [-0.25, -0.2) is 4.79 Å². The van der Waals surface area contributed by atoms with Gasteiger partial charge in [-0.3, -0.25) is 4.99 Å². The first-order chi connectivity index (χ1) is 11.2. The number of carboxylic acid groups (broad SMARTS) is 1. The van der Waals surface area contributed by atoms with Gasteiger partial charge in [0.2, 0.25) is 0 Å². The van der Waals surface area contributed by atoms with Gasteiger partial charge in [-0.2, -0.15) is 13.2 Å². The molecule has 5 N–H and O–H groups in total. The number of rotatable bonds is 1. The van der Waals surface area contributed by atoms with Crippen LogP contribution in [0.2, 0.25) is 0 Å². The highest BCUT2D eigenvalue weighted by atomic mass is 79.9. The van der Waals surface area contributed by atoms with E-state index in [1.807, 2.05) is 12.3 Å². The predicted molar refractivity (Wildman–Crippen MR) is 86.7 cm³/mol. The summed E-state index contributed by atoms with van der Waals surface area (Å²) in [5.41, 5.74) is 8.12. The molecule has 0 saturated carbocycles. The van der Waals surface area contributed by atoms with Crippen molar-refractivity contribution in [1.29, 1.82) is 0 Å². The lowest BCUT2D eigenvalue weighted by Gasteiger charge is -2.22. The van der Waals surface area contributed by atoms with Gasteiger partial charge in [-0.05, 0) is 30.2 Å². The number of guanidine groups is 1. The van der Waals surface area contributed by atoms with Gasteiger partial charge in [-0.1, -0.05) is 15.9 Å². The van der Waals surface area contributed by atoms with Crippen molar-refractivity contribution in [3.8, 4) is 0 Å². The van der Waals surface area contributed by atoms with Gasteiger partial charge in [-0.15, -0.1) is 0 Å². The molecule has 1 aromatic carbocycles. The number of nitrogens with one attached hydrogen (secondary N) is 2. The zero-order valence-corrected chi connectivity index (χ0v) is 13.8. The van der Waals surface area contributed by atoms with E-state index >= 15 is 0 Å². The number of nitrogens with two attached hydrogens (primary N) is 1. The Kier molecular flexibility index (Phi) is 5.37. The fourth-order valence-corrected chi connectivity index (χ4v) is 2.61. The van der Waals surface area contributed by atoms with E-state index in [4.69, 9.17) is 15.6 Å². The molecule has 1 unspecified atom stereocenters. The second-order valence-corrected chi connectivity index (χ2v) is 5.91. The molecule has 0 amide bonds. The number of benzene rings is 1. The Morgan fingerprint density at radius 1 is 1.42 bits per heavy atom. The number of hydrogen-bond acceptors (Lipinski definition) is 4. The smallest absolute Gasteiger partial charge is 0.475 e. The largest absolute Gasteiger partial charge is 0.490 e. The van der Waals surface area contributed by atoms with Crippen LogP contribution in [0.3, 0.4) is 0 Å². The topological polar surface area (TPSA) is 103 Å². The molecule has 0 radical (unpaired) electrons. The molecule has 2 heterocycles. The van der Waals surface area contributed by atoms with Crippen LogP contribution in [0.25, 0.3) is 10.9 Å². The van der Waals surface area contributed by atoms with Crippen molar-refractivity contribution in [1.82, 2.24) is 10.3 Å². The number of alkyl halides is 3. The van der Waals surface area contributed by atoms with E-state index in [1.54, 1.807) is 0 Å². The summed E-state index contributed by atoms with van der Waals surface area (Å²) in [5, 5.41) is 11.6. The number of aliphatic imine (C=N–C) groups is 1. The molecule has 1 aliphatic heterocycles. The Balaban J connectivity index is 0.000000256. The SMILES string of the molecule is NC1=NCCC(c2c[nH]c3ccc(Br)cc23)N1.O=C(O)C(F)(F)F. The fraction of sp³-hybridized carbons (Fsp3) is 0.286. The van der Waals surface area contributed by atoms with Crippen LogP contribution >= 0.6 is 15.9 Å². The lowest BCUT2D eigenvalue weighted by molar-refractivity contribution is -0.192. The minimum Gasteiger partial charge on any atom is -0.475 e. The molecule has 3 rings (SSSR count). The molecule has 0 spiro atoms. The number of nitrogens with zero attached hydrogens (tertiary/aromatic N) is 1. The number of aromatic amines is 1. The van der Waals surface area contributed by atoms with Crippen LogP contribution in [0.1, 0.15) is 18.0 Å². The normalized spacial score (nSPS) is 17.5. The Bertz CT molecular complexity index is 773. The third-order valence-corrected chi connectivity index (χ3v) is 3.81. The van der Waals surface area contributed by atoms with E-state index in [9.17, 15) is 13.2 Å². The Labute approximate surface area is 143 Å². The van der Waals surface area contributed by atoms with Crippen molar-refractivity contribution >= 4 is 38.8 Å². The van der Waals surface area contributed by atoms with E-state index in [0.717, 1.165) is 23.0 Å². The van der Waals surface area contributed by atoms with Gasteiger partial charge in [0.05, 0.1) is 6.04 Å². The van der Waals surface area contributed by atoms with E-state index in [0.29, 0.717) is 5.96 Å². The van der Waals surface area contributed by atoms with Gasteiger partial charge in [0.15, 0.2) is 5.96 Å². The molecule has 0 bridgehead atoms. The second-order valence-electron chi connectivity index (χ2n) is 4.99. The zero-order chi connectivity index (χ0) is 17.9. The quantitative estimate of drug-likeness (QED) is 0.584. The number of carboxylic acids is 1. The molecule has 1 atom stereocenters. The summed E-state index contributed by atoms with van der Waals surface area (Å²) in [6.07, 6.45) is -2.06. The van der Waals surface area contributed by atoms with Gasteiger partial charge in [0.25, 0.3) is 0 Å². The molecule has 6 nitrogen and oxygen atoms in total. The van der Waals surface area contributed by atoms with Gasteiger partial charge >= 0.3 is 12.1 Å². The van der Waals surface area contributed by atoms with Crippen molar-refractivity contribution in [2.24, 2.45) is 10.7 Å². The van der Waals surface area contributed by atoms with Gasteiger partial charge in [0, 0.05) is 28.1 Å². The lowest BCUT2D eigenvalue weighted by Crippen LogP contribution is -2.38. The predicted octanol–water partition coefficient (Wildman–Crippen LogP) is 2.91. The molecule has 0 aliphatic carbocycles. The highest BCUT2D eigenvalue weighted by Crippen LogP contribution is 2.29. The summed E-state index contributed by atoms with van der Waals surface area (Å²) in [6.45, 7) is 0.782. The summed E-state index contributed by atoms with van der Waals surface area (Å²) in [6, 6.07) is 6.48. The molecule has 130 valence electrons. The molecule has 2 aromatic rings. The maximum atomic E-state index is 10.6. The highest BCUT2D eigenvalue weighted by Gasteiger charge is 2.38. The summed E-state index contributed by atoms with van der Waals surface area (Å²) in [5.74, 6) is -2.22. The number of hydrogen-bond donors (Lipinski definition) is 4. The zero-order valence-electron chi connectivity index (χ0n) is 12.2. The average Bonchev–Trinajstić information content (AvgIpc) is 2.89. The van der Waals surface area contributed by atoms with Gasteiger partial charge in [0.1, 0.15) is 0 Å². The molecule has 24 heavy (non-hydrogen) atoms. The summed E-state index contributed by atoms with van der Waals surface area (Å²) in [7, 11) is 0. The van der Waals surface area contributed by atoms with Crippen LogP contribution < -0.4 is 11.1 Å². The first-order valence-corrected chi connectivity index (χ1v) is 7.61. The Hall–Kier alpha value is -2.23. The lowest BCUT2D eigenvalue weighted by atomic mass is 10.0. The highest BCUT2D eigenvalue weighted by molar-refractivity contribution is 9.10. The molecule has 1 aromatic heterocycles. The number of halogens is 4.